The summed E-state index contributed by atoms with van der Waals surface area (Å²) in [6.45, 7) is 3.62. The molecule has 1 aromatic heterocycles. The first-order valence-corrected chi connectivity index (χ1v) is 11.0. The number of amides is 1. The van der Waals surface area contributed by atoms with Crippen molar-refractivity contribution in [2.24, 2.45) is 0 Å². The number of carbonyl (C=O) groups is 1. The standard InChI is InChI=1S/C22H21Cl2N3O4S/c1-3-4-13-9-20(28)31-19-11-15(6-7-16(13)19)30-12(2)21(29)26-27-22(32)25-14-5-8-17(23)18(24)10-14/h5-12H,3-4H2,1-2H3,(H,26,29)(H2,25,27,32)/t12-/m0/s1. The number of thiocarbonyl (C=S) groups is 1. The second-order valence-corrected chi connectivity index (χ2v) is 8.18. The van der Waals surface area contributed by atoms with Gasteiger partial charge in [-0.1, -0.05) is 36.5 Å². The fourth-order valence-corrected chi connectivity index (χ4v) is 3.44. The van der Waals surface area contributed by atoms with Gasteiger partial charge in [-0.15, -0.1) is 0 Å². The summed E-state index contributed by atoms with van der Waals surface area (Å²) in [5.74, 6) is -0.0574. The molecule has 0 fully saturated rings. The van der Waals surface area contributed by atoms with Crippen molar-refractivity contribution in [1.82, 2.24) is 10.9 Å². The predicted molar refractivity (Wildman–Crippen MR) is 131 cm³/mol. The second kappa shape index (κ2) is 10.7. The maximum absolute atomic E-state index is 12.4. The zero-order valence-electron chi connectivity index (χ0n) is 17.3. The maximum Gasteiger partial charge on any atom is 0.336 e. The van der Waals surface area contributed by atoms with E-state index in [0.29, 0.717) is 27.1 Å². The van der Waals surface area contributed by atoms with Crippen molar-refractivity contribution < 1.29 is 13.9 Å². The molecule has 0 radical (unpaired) electrons. The Bertz CT molecular complexity index is 1220. The van der Waals surface area contributed by atoms with E-state index in [1.165, 1.54) is 6.07 Å². The van der Waals surface area contributed by atoms with Gasteiger partial charge in [0.05, 0.1) is 10.0 Å². The second-order valence-electron chi connectivity index (χ2n) is 6.96. The van der Waals surface area contributed by atoms with E-state index < -0.39 is 17.6 Å². The molecule has 0 aliphatic rings. The fraction of sp³-hybridized carbons (Fsp3) is 0.227. The first kappa shape index (κ1) is 23.8. The third-order valence-electron chi connectivity index (χ3n) is 4.48. The number of rotatable bonds is 6. The van der Waals surface area contributed by atoms with Crippen molar-refractivity contribution in [3.05, 3.63) is 68.5 Å². The molecule has 0 unspecified atom stereocenters. The van der Waals surface area contributed by atoms with Gasteiger partial charge in [0.15, 0.2) is 11.2 Å². The summed E-state index contributed by atoms with van der Waals surface area (Å²) in [4.78, 5) is 24.2. The molecule has 0 saturated heterocycles. The molecular formula is C22H21Cl2N3O4S. The van der Waals surface area contributed by atoms with E-state index in [1.54, 1.807) is 37.3 Å². The Balaban J connectivity index is 1.59. The topological polar surface area (TPSA) is 92.6 Å². The molecule has 0 aliphatic carbocycles. The van der Waals surface area contributed by atoms with Crippen LogP contribution in [0.5, 0.6) is 5.75 Å². The molecule has 10 heteroatoms. The molecule has 3 aromatic rings. The van der Waals surface area contributed by atoms with Gasteiger partial charge in [-0.05, 0) is 61.5 Å². The molecule has 0 aliphatic heterocycles. The highest BCUT2D eigenvalue weighted by atomic mass is 35.5. The van der Waals surface area contributed by atoms with Crippen LogP contribution in [0.4, 0.5) is 5.69 Å². The summed E-state index contributed by atoms with van der Waals surface area (Å²) in [6, 6.07) is 11.6. The largest absolute Gasteiger partial charge is 0.481 e. The number of ether oxygens (including phenoxy) is 1. The van der Waals surface area contributed by atoms with Crippen LogP contribution in [0.25, 0.3) is 11.0 Å². The average molecular weight is 494 g/mol. The molecular weight excluding hydrogens is 473 g/mol. The number of carbonyl (C=O) groups excluding carboxylic acids is 1. The quantitative estimate of drug-likeness (QED) is 0.257. The Hall–Kier alpha value is -2.81. The lowest BCUT2D eigenvalue weighted by molar-refractivity contribution is -0.127. The molecule has 3 N–H and O–H groups in total. The summed E-state index contributed by atoms with van der Waals surface area (Å²) >= 11 is 17.0. The first-order chi connectivity index (χ1) is 15.3. The van der Waals surface area contributed by atoms with Crippen molar-refractivity contribution in [3.63, 3.8) is 0 Å². The number of aryl methyl sites for hydroxylation is 1. The predicted octanol–water partition coefficient (Wildman–Crippen LogP) is 4.84. The van der Waals surface area contributed by atoms with Gasteiger partial charge >= 0.3 is 5.63 Å². The van der Waals surface area contributed by atoms with E-state index in [4.69, 9.17) is 44.6 Å². The van der Waals surface area contributed by atoms with Crippen molar-refractivity contribution in [2.45, 2.75) is 32.8 Å². The third kappa shape index (κ3) is 6.12. The normalized spacial score (nSPS) is 11.6. The van der Waals surface area contributed by atoms with Gasteiger partial charge in [0.25, 0.3) is 5.91 Å². The Labute approximate surface area is 200 Å². The van der Waals surface area contributed by atoms with Crippen LogP contribution in [-0.4, -0.2) is 17.1 Å². The van der Waals surface area contributed by atoms with E-state index in [1.807, 2.05) is 13.0 Å². The highest BCUT2D eigenvalue weighted by molar-refractivity contribution is 7.80. The van der Waals surface area contributed by atoms with E-state index in [-0.39, 0.29) is 5.11 Å². The lowest BCUT2D eigenvalue weighted by atomic mass is 10.1. The Morgan fingerprint density at radius 1 is 1.12 bits per heavy atom. The Kier molecular flexibility index (Phi) is 7.95. The number of hydrazine groups is 1. The van der Waals surface area contributed by atoms with E-state index in [9.17, 15) is 9.59 Å². The van der Waals surface area contributed by atoms with Crippen molar-refractivity contribution in [3.8, 4) is 5.75 Å². The zero-order chi connectivity index (χ0) is 23.3. The molecule has 1 amide bonds. The summed E-state index contributed by atoms with van der Waals surface area (Å²) < 4.78 is 11.0. The lowest BCUT2D eigenvalue weighted by Crippen LogP contribution is -2.48. The van der Waals surface area contributed by atoms with Crippen molar-refractivity contribution >= 4 is 63.1 Å². The first-order valence-electron chi connectivity index (χ1n) is 9.82. The van der Waals surface area contributed by atoms with Crippen LogP contribution in [0, 0.1) is 0 Å². The molecule has 0 saturated carbocycles. The number of anilines is 1. The molecule has 32 heavy (non-hydrogen) atoms. The third-order valence-corrected chi connectivity index (χ3v) is 5.42. The molecule has 1 atom stereocenters. The van der Waals surface area contributed by atoms with Crippen LogP contribution < -0.4 is 26.5 Å². The molecule has 0 bridgehead atoms. The van der Waals surface area contributed by atoms with Gasteiger partial charge in [-0.3, -0.25) is 15.6 Å². The van der Waals surface area contributed by atoms with Crippen molar-refractivity contribution in [1.29, 1.82) is 0 Å². The number of benzene rings is 2. The molecule has 7 nitrogen and oxygen atoms in total. The smallest absolute Gasteiger partial charge is 0.336 e. The fourth-order valence-electron chi connectivity index (χ4n) is 2.97. The van der Waals surface area contributed by atoms with Crippen LogP contribution >= 0.6 is 35.4 Å². The molecule has 0 spiro atoms. The monoisotopic (exact) mass is 493 g/mol. The van der Waals surface area contributed by atoms with Crippen LogP contribution in [-0.2, 0) is 11.2 Å². The van der Waals surface area contributed by atoms with E-state index in [2.05, 4.69) is 16.2 Å². The van der Waals surface area contributed by atoms with Crippen LogP contribution in [0.2, 0.25) is 10.0 Å². The Morgan fingerprint density at radius 3 is 2.62 bits per heavy atom. The Morgan fingerprint density at radius 2 is 1.91 bits per heavy atom. The summed E-state index contributed by atoms with van der Waals surface area (Å²) in [5.41, 5.74) is 6.59. The van der Waals surface area contributed by atoms with Crippen molar-refractivity contribution in [2.75, 3.05) is 5.32 Å². The minimum absolute atomic E-state index is 0.153. The molecule has 3 rings (SSSR count). The van der Waals surface area contributed by atoms with E-state index >= 15 is 0 Å². The summed E-state index contributed by atoms with van der Waals surface area (Å²) in [7, 11) is 0. The number of hydrogen-bond acceptors (Lipinski definition) is 5. The SMILES string of the molecule is CCCc1cc(=O)oc2cc(O[C@@H](C)C(=O)NNC(=S)Nc3ccc(Cl)c(Cl)c3)ccc12. The minimum atomic E-state index is -0.849. The van der Waals surface area contributed by atoms with Gasteiger partial charge in [-0.25, -0.2) is 4.79 Å². The molecule has 2 aromatic carbocycles. The van der Waals surface area contributed by atoms with Gasteiger partial charge in [0.1, 0.15) is 11.3 Å². The van der Waals surface area contributed by atoms with Crippen LogP contribution in [0.3, 0.4) is 0 Å². The summed E-state index contributed by atoms with van der Waals surface area (Å²) in [6.07, 6.45) is 0.824. The average Bonchev–Trinajstić information content (AvgIpc) is 2.74. The van der Waals surface area contributed by atoms with Gasteiger partial charge in [0, 0.05) is 23.2 Å². The van der Waals surface area contributed by atoms with E-state index in [0.717, 1.165) is 23.8 Å². The van der Waals surface area contributed by atoms with Crippen LogP contribution in [0.15, 0.2) is 51.7 Å². The minimum Gasteiger partial charge on any atom is -0.481 e. The van der Waals surface area contributed by atoms with Gasteiger partial charge in [0.2, 0.25) is 0 Å². The highest BCUT2D eigenvalue weighted by Gasteiger charge is 2.16. The van der Waals surface area contributed by atoms with Gasteiger partial charge < -0.3 is 14.5 Å². The van der Waals surface area contributed by atoms with Crippen LogP contribution in [0.1, 0.15) is 25.8 Å². The number of nitrogens with one attached hydrogen (secondary N) is 3. The zero-order valence-corrected chi connectivity index (χ0v) is 19.7. The maximum atomic E-state index is 12.4. The number of hydrogen-bond donors (Lipinski definition) is 3. The molecule has 168 valence electrons. The molecule has 1 heterocycles. The highest BCUT2D eigenvalue weighted by Crippen LogP contribution is 2.25. The lowest BCUT2D eigenvalue weighted by Gasteiger charge is -2.17. The van der Waals surface area contributed by atoms with Gasteiger partial charge in [-0.2, -0.15) is 0 Å². The summed E-state index contributed by atoms with van der Waals surface area (Å²) in [5, 5.41) is 4.67. The number of halogens is 2. The number of fused-ring (bicyclic) bond motifs is 1.